The average molecular weight is 341 g/mol. The maximum Gasteiger partial charge on any atom is 0.257 e. The summed E-state index contributed by atoms with van der Waals surface area (Å²) in [7, 11) is 0. The highest BCUT2D eigenvalue weighted by Gasteiger charge is 2.27. The zero-order valence-corrected chi connectivity index (χ0v) is 13.5. The number of halogens is 1. The van der Waals surface area contributed by atoms with Crippen LogP contribution in [0.25, 0.3) is 0 Å². The highest BCUT2D eigenvalue weighted by atomic mass is 79.9. The van der Waals surface area contributed by atoms with Crippen LogP contribution in [0.4, 0.5) is 0 Å². The smallest absolute Gasteiger partial charge is 0.257 e. The van der Waals surface area contributed by atoms with Crippen LogP contribution < -0.4 is 10.5 Å². The minimum atomic E-state index is 0.0316. The number of amides is 1. The largest absolute Gasteiger partial charge is 0.490 e. The standard InChI is InChI=1S/C15H21BrN2O2/c1-10(2)20-14-7-12(16)3-4-13(14)15(19)18-6-5-11(8-17)9-18/h3-4,7,10-11H,5-6,8-9,17H2,1-2H3/t11-/m1/s1. The Kier molecular flexibility index (Phi) is 5.05. The van der Waals surface area contributed by atoms with Gasteiger partial charge in [0.05, 0.1) is 11.7 Å². The van der Waals surface area contributed by atoms with Crippen LogP contribution in [0.1, 0.15) is 30.6 Å². The summed E-state index contributed by atoms with van der Waals surface area (Å²) in [6.45, 7) is 6.06. The molecule has 1 saturated heterocycles. The van der Waals surface area contributed by atoms with E-state index in [1.165, 1.54) is 0 Å². The van der Waals surface area contributed by atoms with Gasteiger partial charge < -0.3 is 15.4 Å². The Morgan fingerprint density at radius 2 is 2.30 bits per heavy atom. The molecule has 1 aliphatic heterocycles. The van der Waals surface area contributed by atoms with E-state index in [-0.39, 0.29) is 12.0 Å². The maximum absolute atomic E-state index is 12.6. The lowest BCUT2D eigenvalue weighted by Gasteiger charge is -2.20. The number of carbonyl (C=O) groups is 1. The molecular formula is C15H21BrN2O2. The van der Waals surface area contributed by atoms with Crippen molar-refractivity contribution in [2.45, 2.75) is 26.4 Å². The number of hydrogen-bond donors (Lipinski definition) is 1. The minimum Gasteiger partial charge on any atom is -0.490 e. The van der Waals surface area contributed by atoms with Crippen molar-refractivity contribution in [3.8, 4) is 5.75 Å². The summed E-state index contributed by atoms with van der Waals surface area (Å²) in [5.41, 5.74) is 6.31. The van der Waals surface area contributed by atoms with Crippen molar-refractivity contribution in [1.82, 2.24) is 4.90 Å². The van der Waals surface area contributed by atoms with Crippen molar-refractivity contribution >= 4 is 21.8 Å². The predicted molar refractivity (Wildman–Crippen MR) is 83.0 cm³/mol. The fraction of sp³-hybridized carbons (Fsp3) is 0.533. The van der Waals surface area contributed by atoms with Gasteiger partial charge in [-0.2, -0.15) is 0 Å². The lowest BCUT2D eigenvalue weighted by molar-refractivity contribution is 0.0781. The molecular weight excluding hydrogens is 320 g/mol. The number of carbonyl (C=O) groups excluding carboxylic acids is 1. The molecule has 5 heteroatoms. The topological polar surface area (TPSA) is 55.6 Å². The van der Waals surface area contributed by atoms with E-state index < -0.39 is 0 Å². The van der Waals surface area contributed by atoms with Crippen molar-refractivity contribution in [3.05, 3.63) is 28.2 Å². The Hall–Kier alpha value is -1.07. The molecule has 2 N–H and O–H groups in total. The lowest BCUT2D eigenvalue weighted by Crippen LogP contribution is -2.30. The molecule has 1 amide bonds. The molecule has 0 unspecified atom stereocenters. The van der Waals surface area contributed by atoms with Gasteiger partial charge in [-0.15, -0.1) is 0 Å². The van der Waals surface area contributed by atoms with Crippen LogP contribution in [-0.2, 0) is 0 Å². The summed E-state index contributed by atoms with van der Waals surface area (Å²) in [5.74, 6) is 1.09. The summed E-state index contributed by atoms with van der Waals surface area (Å²) in [4.78, 5) is 14.5. The van der Waals surface area contributed by atoms with Gasteiger partial charge in [-0.05, 0) is 50.9 Å². The average Bonchev–Trinajstić information content (AvgIpc) is 2.86. The van der Waals surface area contributed by atoms with Gasteiger partial charge in [0.2, 0.25) is 0 Å². The first-order chi connectivity index (χ1) is 9.51. The zero-order chi connectivity index (χ0) is 14.7. The number of nitrogens with zero attached hydrogens (tertiary/aromatic N) is 1. The van der Waals surface area contributed by atoms with E-state index in [2.05, 4.69) is 15.9 Å². The van der Waals surface area contributed by atoms with E-state index in [0.717, 1.165) is 24.0 Å². The third-order valence-electron chi connectivity index (χ3n) is 3.44. The van der Waals surface area contributed by atoms with Gasteiger partial charge in [0.15, 0.2) is 0 Å². The highest BCUT2D eigenvalue weighted by molar-refractivity contribution is 9.10. The SMILES string of the molecule is CC(C)Oc1cc(Br)ccc1C(=O)N1CC[C@H](CN)C1. The molecule has 110 valence electrons. The summed E-state index contributed by atoms with van der Waals surface area (Å²) in [5, 5.41) is 0. The normalized spacial score (nSPS) is 18.6. The van der Waals surface area contributed by atoms with Gasteiger partial charge in [-0.1, -0.05) is 15.9 Å². The quantitative estimate of drug-likeness (QED) is 0.916. The molecule has 1 aromatic carbocycles. The monoisotopic (exact) mass is 340 g/mol. The van der Waals surface area contributed by atoms with Gasteiger partial charge in [-0.25, -0.2) is 0 Å². The third kappa shape index (κ3) is 3.52. The van der Waals surface area contributed by atoms with Gasteiger partial charge in [0.25, 0.3) is 5.91 Å². The molecule has 0 spiro atoms. The number of ether oxygens (including phenoxy) is 1. The van der Waals surface area contributed by atoms with Crippen LogP contribution in [0.2, 0.25) is 0 Å². The van der Waals surface area contributed by atoms with Crippen LogP contribution in [0.5, 0.6) is 5.75 Å². The van der Waals surface area contributed by atoms with Crippen molar-refractivity contribution in [3.63, 3.8) is 0 Å². The second-order valence-corrected chi connectivity index (χ2v) is 6.36. The van der Waals surface area contributed by atoms with E-state index in [1.807, 2.05) is 36.9 Å². The predicted octanol–water partition coefficient (Wildman–Crippen LogP) is 2.66. The molecule has 0 aliphatic carbocycles. The van der Waals surface area contributed by atoms with Gasteiger partial charge in [0, 0.05) is 17.6 Å². The molecule has 2 rings (SSSR count). The molecule has 0 aromatic heterocycles. The van der Waals surface area contributed by atoms with Crippen molar-refractivity contribution in [2.24, 2.45) is 11.7 Å². The fourth-order valence-corrected chi connectivity index (χ4v) is 2.74. The zero-order valence-electron chi connectivity index (χ0n) is 11.9. The first-order valence-electron chi connectivity index (χ1n) is 6.96. The molecule has 0 saturated carbocycles. The Morgan fingerprint density at radius 3 is 2.90 bits per heavy atom. The second-order valence-electron chi connectivity index (χ2n) is 5.45. The minimum absolute atomic E-state index is 0.0316. The van der Waals surface area contributed by atoms with Crippen molar-refractivity contribution < 1.29 is 9.53 Å². The number of likely N-dealkylation sites (tertiary alicyclic amines) is 1. The van der Waals surface area contributed by atoms with E-state index in [1.54, 1.807) is 0 Å². The molecule has 1 atom stereocenters. The summed E-state index contributed by atoms with van der Waals surface area (Å²) < 4.78 is 6.67. The van der Waals surface area contributed by atoms with Gasteiger partial charge in [0.1, 0.15) is 5.75 Å². The van der Waals surface area contributed by atoms with Crippen LogP contribution in [0, 0.1) is 5.92 Å². The Bertz CT molecular complexity index is 491. The third-order valence-corrected chi connectivity index (χ3v) is 3.94. The number of rotatable bonds is 4. The summed E-state index contributed by atoms with van der Waals surface area (Å²) >= 11 is 3.42. The molecule has 0 bridgehead atoms. The number of nitrogens with two attached hydrogens (primary N) is 1. The maximum atomic E-state index is 12.6. The van der Waals surface area contributed by atoms with Crippen molar-refractivity contribution in [2.75, 3.05) is 19.6 Å². The molecule has 4 nitrogen and oxygen atoms in total. The lowest BCUT2D eigenvalue weighted by atomic mass is 10.1. The summed E-state index contributed by atoms with van der Waals surface area (Å²) in [6, 6.07) is 5.54. The Morgan fingerprint density at radius 1 is 1.55 bits per heavy atom. The van der Waals surface area contributed by atoms with Gasteiger partial charge >= 0.3 is 0 Å². The molecule has 1 fully saturated rings. The highest BCUT2D eigenvalue weighted by Crippen LogP contribution is 2.27. The van der Waals surface area contributed by atoms with Crippen LogP contribution >= 0.6 is 15.9 Å². The molecule has 20 heavy (non-hydrogen) atoms. The van der Waals surface area contributed by atoms with Crippen LogP contribution in [0.3, 0.4) is 0 Å². The van der Waals surface area contributed by atoms with Gasteiger partial charge in [-0.3, -0.25) is 4.79 Å². The Balaban J connectivity index is 2.21. The van der Waals surface area contributed by atoms with Crippen molar-refractivity contribution in [1.29, 1.82) is 0 Å². The van der Waals surface area contributed by atoms with E-state index in [4.69, 9.17) is 10.5 Å². The first-order valence-corrected chi connectivity index (χ1v) is 7.76. The first kappa shape index (κ1) is 15.3. The Labute approximate surface area is 128 Å². The molecule has 0 radical (unpaired) electrons. The second kappa shape index (κ2) is 6.59. The van der Waals surface area contributed by atoms with E-state index in [9.17, 15) is 4.79 Å². The number of hydrogen-bond acceptors (Lipinski definition) is 3. The fourth-order valence-electron chi connectivity index (χ4n) is 2.40. The number of benzene rings is 1. The van der Waals surface area contributed by atoms with Crippen LogP contribution in [-0.4, -0.2) is 36.5 Å². The summed E-state index contributed by atoms with van der Waals surface area (Å²) in [6.07, 6.45) is 1.02. The molecule has 1 heterocycles. The van der Waals surface area contributed by atoms with Crippen LogP contribution in [0.15, 0.2) is 22.7 Å². The van der Waals surface area contributed by atoms with E-state index >= 15 is 0 Å². The van der Waals surface area contributed by atoms with E-state index in [0.29, 0.717) is 23.8 Å². The molecule has 1 aromatic rings. The molecule has 1 aliphatic rings.